The number of benzene rings is 2. The second-order valence-electron chi connectivity index (χ2n) is 6.46. The molecule has 27 heavy (non-hydrogen) atoms. The normalized spacial score (nSPS) is 15.4. The highest BCUT2D eigenvalue weighted by Gasteiger charge is 2.24. The average molecular weight is 403 g/mol. The zero-order valence-electron chi connectivity index (χ0n) is 15.4. The first-order chi connectivity index (χ1) is 13.1. The average Bonchev–Trinajstić information content (AvgIpc) is 2.70. The van der Waals surface area contributed by atoms with Crippen molar-refractivity contribution < 1.29 is 9.53 Å². The molecular weight excluding hydrogens is 380 g/mol. The van der Waals surface area contributed by atoms with Crippen LogP contribution in [0.1, 0.15) is 17.2 Å². The molecule has 0 saturated heterocycles. The van der Waals surface area contributed by atoms with Gasteiger partial charge < -0.3 is 15.0 Å². The van der Waals surface area contributed by atoms with Crippen LogP contribution in [-0.2, 0) is 9.53 Å². The molecule has 0 aliphatic carbocycles. The van der Waals surface area contributed by atoms with Crippen molar-refractivity contribution >= 4 is 34.2 Å². The molecule has 2 aromatic rings. The van der Waals surface area contributed by atoms with Crippen molar-refractivity contribution in [3.63, 3.8) is 0 Å². The van der Waals surface area contributed by atoms with Crippen molar-refractivity contribution in [1.82, 2.24) is 10.2 Å². The zero-order chi connectivity index (χ0) is 19.2. The van der Waals surface area contributed by atoms with Gasteiger partial charge in [0.1, 0.15) is 0 Å². The molecule has 2 aromatic carbocycles. The van der Waals surface area contributed by atoms with Crippen LogP contribution in [0.4, 0.5) is 0 Å². The van der Waals surface area contributed by atoms with Gasteiger partial charge in [-0.2, -0.15) is 0 Å². The molecule has 1 aliphatic heterocycles. The van der Waals surface area contributed by atoms with Crippen LogP contribution in [0.3, 0.4) is 0 Å². The summed E-state index contributed by atoms with van der Waals surface area (Å²) < 4.78 is 5.74. The number of rotatable bonds is 6. The van der Waals surface area contributed by atoms with Crippen LogP contribution in [0, 0.1) is 0 Å². The number of carbonyl (C=O) groups excluding carboxylic acids is 1. The number of carbonyl (C=O) groups is 1. The SMILES string of the molecule is CN(C)[C@H](CNC(=O)C1=C(c2ccccc2)SCCO1)c1ccc(Cl)cc1. The summed E-state index contributed by atoms with van der Waals surface area (Å²) in [6.07, 6.45) is 0. The molecule has 0 spiro atoms. The predicted molar refractivity (Wildman–Crippen MR) is 113 cm³/mol. The molecule has 142 valence electrons. The lowest BCUT2D eigenvalue weighted by Gasteiger charge is -2.26. The standard InChI is InChI=1S/C21H23ClN2O2S/c1-24(2)18(15-8-10-17(22)11-9-15)14-23-21(25)19-20(27-13-12-26-19)16-6-4-3-5-7-16/h3-11,18H,12-14H2,1-2H3,(H,23,25)/t18-/m1/s1. The second-order valence-corrected chi connectivity index (χ2v) is 8.00. The van der Waals surface area contributed by atoms with E-state index < -0.39 is 0 Å². The van der Waals surface area contributed by atoms with Crippen LogP contribution >= 0.6 is 23.4 Å². The summed E-state index contributed by atoms with van der Waals surface area (Å²) in [5.41, 5.74) is 2.11. The Morgan fingerprint density at radius 2 is 1.89 bits per heavy atom. The van der Waals surface area contributed by atoms with Gasteiger partial charge in [0, 0.05) is 17.3 Å². The van der Waals surface area contributed by atoms with E-state index in [-0.39, 0.29) is 11.9 Å². The van der Waals surface area contributed by atoms with E-state index >= 15 is 0 Å². The van der Waals surface area contributed by atoms with E-state index in [4.69, 9.17) is 16.3 Å². The van der Waals surface area contributed by atoms with E-state index in [1.807, 2.05) is 68.7 Å². The molecule has 0 radical (unpaired) electrons. The topological polar surface area (TPSA) is 41.6 Å². The molecule has 3 rings (SSSR count). The summed E-state index contributed by atoms with van der Waals surface area (Å²) in [5, 5.41) is 3.74. The van der Waals surface area contributed by atoms with E-state index in [0.717, 1.165) is 21.8 Å². The van der Waals surface area contributed by atoms with E-state index in [1.54, 1.807) is 11.8 Å². The first kappa shape index (κ1) is 19.8. The third kappa shape index (κ3) is 5.06. The Balaban J connectivity index is 1.76. The molecule has 4 nitrogen and oxygen atoms in total. The number of halogens is 1. The van der Waals surface area contributed by atoms with Crippen LogP contribution in [0.2, 0.25) is 5.02 Å². The highest BCUT2D eigenvalue weighted by molar-refractivity contribution is 8.08. The fourth-order valence-electron chi connectivity index (χ4n) is 2.94. The van der Waals surface area contributed by atoms with E-state index in [9.17, 15) is 4.79 Å². The fraction of sp³-hybridized carbons (Fsp3) is 0.286. The number of hydrogen-bond donors (Lipinski definition) is 1. The van der Waals surface area contributed by atoms with Crippen molar-refractivity contribution in [1.29, 1.82) is 0 Å². The van der Waals surface area contributed by atoms with Crippen LogP contribution in [0.25, 0.3) is 4.91 Å². The molecule has 0 aromatic heterocycles. The van der Waals surface area contributed by atoms with Gasteiger partial charge in [-0.25, -0.2) is 0 Å². The van der Waals surface area contributed by atoms with Crippen molar-refractivity contribution in [3.8, 4) is 0 Å². The van der Waals surface area contributed by atoms with Gasteiger partial charge in [0.2, 0.25) is 0 Å². The molecule has 1 aliphatic rings. The lowest BCUT2D eigenvalue weighted by molar-refractivity contribution is -0.120. The van der Waals surface area contributed by atoms with Crippen LogP contribution in [0.5, 0.6) is 0 Å². The minimum Gasteiger partial charge on any atom is -0.486 e. The Kier molecular flexibility index (Phi) is 6.83. The maximum absolute atomic E-state index is 12.8. The lowest BCUT2D eigenvalue weighted by Crippen LogP contribution is -2.36. The third-order valence-electron chi connectivity index (χ3n) is 4.36. The van der Waals surface area contributed by atoms with Gasteiger partial charge in [-0.05, 0) is 37.4 Å². The number of likely N-dealkylation sites (N-methyl/N-ethyl adjacent to an activating group) is 1. The predicted octanol–water partition coefficient (Wildman–Crippen LogP) is 4.19. The fourth-order valence-corrected chi connectivity index (χ4v) is 4.03. The van der Waals surface area contributed by atoms with Crippen LogP contribution in [0.15, 0.2) is 60.4 Å². The number of nitrogens with one attached hydrogen (secondary N) is 1. The smallest absolute Gasteiger partial charge is 0.287 e. The molecule has 1 N–H and O–H groups in total. The van der Waals surface area contributed by atoms with Gasteiger partial charge in [-0.1, -0.05) is 54.1 Å². The summed E-state index contributed by atoms with van der Waals surface area (Å²) in [7, 11) is 3.99. The van der Waals surface area contributed by atoms with Gasteiger partial charge in [-0.15, -0.1) is 11.8 Å². The van der Waals surface area contributed by atoms with Crippen molar-refractivity contribution in [2.24, 2.45) is 0 Å². The van der Waals surface area contributed by atoms with Crippen LogP contribution in [-0.4, -0.2) is 43.8 Å². The number of nitrogens with zero attached hydrogens (tertiary/aromatic N) is 1. The van der Waals surface area contributed by atoms with Gasteiger partial charge in [0.15, 0.2) is 5.76 Å². The first-order valence-corrected chi connectivity index (χ1v) is 10.2. The largest absolute Gasteiger partial charge is 0.486 e. The van der Waals surface area contributed by atoms with E-state index in [2.05, 4.69) is 10.2 Å². The molecule has 6 heteroatoms. The maximum Gasteiger partial charge on any atom is 0.287 e. The van der Waals surface area contributed by atoms with Gasteiger partial charge in [0.05, 0.1) is 17.6 Å². The van der Waals surface area contributed by atoms with Crippen molar-refractivity contribution in [3.05, 3.63) is 76.5 Å². The molecule has 0 fully saturated rings. The highest BCUT2D eigenvalue weighted by atomic mass is 35.5. The minimum absolute atomic E-state index is 0.0447. The highest BCUT2D eigenvalue weighted by Crippen LogP contribution is 2.34. The molecule has 1 atom stereocenters. The summed E-state index contributed by atoms with van der Waals surface area (Å²) in [4.78, 5) is 15.8. The number of hydrogen-bond acceptors (Lipinski definition) is 4. The summed E-state index contributed by atoms with van der Waals surface area (Å²) in [6.45, 7) is 1.02. The minimum atomic E-state index is -0.179. The Bertz CT molecular complexity index is 807. The summed E-state index contributed by atoms with van der Waals surface area (Å²) in [6, 6.07) is 17.7. The molecule has 0 bridgehead atoms. The number of amides is 1. The quantitative estimate of drug-likeness (QED) is 0.786. The van der Waals surface area contributed by atoms with E-state index in [0.29, 0.717) is 23.9 Å². The Morgan fingerprint density at radius 1 is 1.19 bits per heavy atom. The van der Waals surface area contributed by atoms with Crippen molar-refractivity contribution in [2.45, 2.75) is 6.04 Å². The monoisotopic (exact) mass is 402 g/mol. The summed E-state index contributed by atoms with van der Waals surface area (Å²) in [5.74, 6) is 1.07. The molecule has 0 saturated carbocycles. The van der Waals surface area contributed by atoms with Gasteiger partial charge in [-0.3, -0.25) is 4.79 Å². The Hall–Kier alpha value is -1.95. The molecule has 1 heterocycles. The zero-order valence-corrected chi connectivity index (χ0v) is 17.0. The Labute approximate surface area is 169 Å². The van der Waals surface area contributed by atoms with E-state index in [1.165, 1.54) is 0 Å². The second kappa shape index (κ2) is 9.31. The van der Waals surface area contributed by atoms with Crippen molar-refractivity contribution in [2.75, 3.05) is 33.0 Å². The number of ether oxygens (including phenoxy) is 1. The maximum atomic E-state index is 12.8. The number of thioether (sulfide) groups is 1. The molecule has 0 unspecified atom stereocenters. The molecular formula is C21H23ClN2O2S. The first-order valence-electron chi connectivity index (χ1n) is 8.81. The molecule has 1 amide bonds. The Morgan fingerprint density at radius 3 is 2.56 bits per heavy atom. The van der Waals surface area contributed by atoms with Gasteiger partial charge in [0.25, 0.3) is 5.91 Å². The van der Waals surface area contributed by atoms with Gasteiger partial charge >= 0.3 is 0 Å². The lowest BCUT2D eigenvalue weighted by atomic mass is 10.1. The summed E-state index contributed by atoms with van der Waals surface area (Å²) >= 11 is 7.65. The van der Waals surface area contributed by atoms with Crippen LogP contribution < -0.4 is 5.32 Å². The third-order valence-corrected chi connectivity index (χ3v) is 5.69.